The van der Waals surface area contributed by atoms with Gasteiger partial charge in [-0.15, -0.1) is 4.33 Å². The van der Waals surface area contributed by atoms with Crippen molar-refractivity contribution in [3.8, 4) is 0 Å². The van der Waals surface area contributed by atoms with Crippen molar-refractivity contribution in [2.75, 3.05) is 29.5 Å². The van der Waals surface area contributed by atoms with Crippen LogP contribution in [0.25, 0.3) is 5.57 Å². The summed E-state index contributed by atoms with van der Waals surface area (Å²) in [5.41, 5.74) is 6.10. The molecule has 326 valence electrons. The Balaban J connectivity index is 1.32. The summed E-state index contributed by atoms with van der Waals surface area (Å²) in [5.74, 6) is -1.79. The van der Waals surface area contributed by atoms with Gasteiger partial charge >= 0.3 is 0 Å². The third-order valence-electron chi connectivity index (χ3n) is 11.7. The van der Waals surface area contributed by atoms with Crippen LogP contribution in [0.1, 0.15) is 56.2 Å². The highest BCUT2D eigenvalue weighted by Gasteiger charge is 2.54. The van der Waals surface area contributed by atoms with E-state index in [4.69, 9.17) is 5.26 Å². The fourth-order valence-electron chi connectivity index (χ4n) is 9.20. The number of β-amino-alcohol motifs (C(OH)–C–C–N with tert-alkyl or cyclic N) is 2. The van der Waals surface area contributed by atoms with Gasteiger partial charge in [0.2, 0.25) is 5.69 Å². The summed E-state index contributed by atoms with van der Waals surface area (Å²) >= 11 is 0.793. The lowest BCUT2D eigenvalue weighted by atomic mass is 9.81. The van der Waals surface area contributed by atoms with Gasteiger partial charge in [-0.3, -0.25) is 18.6 Å². The quantitative estimate of drug-likeness (QED) is 0.0282. The second-order valence-corrected chi connectivity index (χ2v) is 21.0. The molecule has 21 heteroatoms. The number of benzene rings is 2. The van der Waals surface area contributed by atoms with E-state index < -0.39 is 64.9 Å². The van der Waals surface area contributed by atoms with Crippen LogP contribution < -0.4 is 4.90 Å². The lowest BCUT2D eigenvalue weighted by Gasteiger charge is -2.28. The van der Waals surface area contributed by atoms with E-state index in [1.807, 2.05) is 60.9 Å². The number of hydrogen-bond donors (Lipinski definition) is 6. The van der Waals surface area contributed by atoms with E-state index in [2.05, 4.69) is 14.4 Å². The molecule has 1 fully saturated rings. The zero-order valence-electron chi connectivity index (χ0n) is 32.8. The number of allylic oxidation sites excluding steroid dienone is 8. The van der Waals surface area contributed by atoms with Crippen molar-refractivity contribution < 1.29 is 68.3 Å². The van der Waals surface area contributed by atoms with Crippen LogP contribution in [-0.4, -0.2) is 106 Å². The molecule has 1 aromatic heterocycles. The molecule has 0 spiro atoms. The molecule has 2 aromatic carbocycles. The van der Waals surface area contributed by atoms with Crippen molar-refractivity contribution in [2.45, 2.75) is 72.4 Å². The molecule has 0 amide bonds. The standard InChI is InChI=1S/C40H43N3O14S4/c1-39-15-11-27(37(39)42(21-29(44)23-59(47,48)49)35-9-7-31(19-33(35)39)58-57-56-46)5-3-25(26-13-17-41-18-14-26)4-6-28-12-16-40(2)34-20-32(61(53,54)55)8-10-36(34)43(38(28)40)22-30(45)24-60(50,51)52/h3-10,13-14,17-20,29-30,44-45H,11-12,15-16,21-24H2,1-2H3,(H3-,46,47,48,49,50,51,52,53,54,55)/p+1. The molecule has 6 N–H and O–H groups in total. The highest BCUT2D eigenvalue weighted by atomic mass is 32.2. The minimum Gasteiger partial charge on any atom is -0.390 e. The molecule has 0 saturated heterocycles. The molecule has 17 nitrogen and oxygen atoms in total. The van der Waals surface area contributed by atoms with Crippen molar-refractivity contribution in [1.82, 2.24) is 4.98 Å². The Bertz CT molecular complexity index is 2750. The van der Waals surface area contributed by atoms with E-state index in [1.165, 1.54) is 18.2 Å². The van der Waals surface area contributed by atoms with Gasteiger partial charge in [-0.2, -0.15) is 29.8 Å². The van der Waals surface area contributed by atoms with Gasteiger partial charge in [-0.1, -0.05) is 29.3 Å². The molecule has 7 rings (SSSR count). The van der Waals surface area contributed by atoms with Crippen LogP contribution in [0.2, 0.25) is 0 Å². The van der Waals surface area contributed by atoms with E-state index in [0.717, 1.165) is 51.3 Å². The first-order chi connectivity index (χ1) is 28.6. The number of aliphatic hydroxyl groups excluding tert-OH is 2. The van der Waals surface area contributed by atoms with Gasteiger partial charge in [0.05, 0.1) is 28.5 Å². The third-order valence-corrected chi connectivity index (χ3v) is 14.7. The number of nitrogens with zero attached hydrogens (tertiary/aromatic N) is 3. The first-order valence-corrected chi connectivity index (χ1v) is 24.3. The lowest BCUT2D eigenvalue weighted by molar-refractivity contribution is -0.448. The van der Waals surface area contributed by atoms with Crippen LogP contribution in [0.4, 0.5) is 11.4 Å². The Hall–Kier alpha value is -4.10. The fraction of sp³-hybridized carbons (Fsp3) is 0.350. The normalized spacial score (nSPS) is 23.2. The average Bonchev–Trinajstić information content (AvgIpc) is 3.83. The molecule has 0 bridgehead atoms. The third kappa shape index (κ3) is 9.33. The summed E-state index contributed by atoms with van der Waals surface area (Å²) in [5, 5.41) is 34.2. The highest BCUT2D eigenvalue weighted by Crippen LogP contribution is 2.57. The van der Waals surface area contributed by atoms with Gasteiger partial charge in [0, 0.05) is 57.8 Å². The lowest BCUT2D eigenvalue weighted by Crippen LogP contribution is -2.36. The average molecular weight is 919 g/mol. The fourth-order valence-corrected chi connectivity index (χ4v) is 11.3. The molecule has 3 aromatic rings. The zero-order valence-corrected chi connectivity index (χ0v) is 36.1. The van der Waals surface area contributed by atoms with Crippen LogP contribution in [-0.2, 0) is 50.6 Å². The Kier molecular flexibility index (Phi) is 12.4. The van der Waals surface area contributed by atoms with Crippen LogP contribution in [0, 0.1) is 0 Å². The Morgan fingerprint density at radius 1 is 0.902 bits per heavy atom. The van der Waals surface area contributed by atoms with E-state index in [0.29, 0.717) is 47.5 Å². The van der Waals surface area contributed by atoms with Gasteiger partial charge in [-0.05, 0) is 104 Å². The number of hydrogen-bond acceptors (Lipinski definition) is 14. The summed E-state index contributed by atoms with van der Waals surface area (Å²) in [6.45, 7) is 3.58. The van der Waals surface area contributed by atoms with E-state index in [1.54, 1.807) is 29.4 Å². The summed E-state index contributed by atoms with van der Waals surface area (Å²) < 4.78 is 107. The zero-order chi connectivity index (χ0) is 44.1. The summed E-state index contributed by atoms with van der Waals surface area (Å²) in [6.07, 6.45) is 10.3. The van der Waals surface area contributed by atoms with Gasteiger partial charge in [-0.25, -0.2) is 5.26 Å². The number of rotatable bonds is 16. The topological polar surface area (TPSA) is 261 Å². The summed E-state index contributed by atoms with van der Waals surface area (Å²) in [6, 6.07) is 13.2. The first-order valence-electron chi connectivity index (χ1n) is 18.9. The second-order valence-electron chi connectivity index (χ2n) is 15.9. The van der Waals surface area contributed by atoms with Crippen molar-refractivity contribution in [3.63, 3.8) is 0 Å². The van der Waals surface area contributed by atoms with Crippen LogP contribution in [0.5, 0.6) is 0 Å². The first kappa shape index (κ1) is 44.9. The Morgan fingerprint density at radius 3 is 2.26 bits per heavy atom. The minimum absolute atomic E-state index is 0.141. The van der Waals surface area contributed by atoms with Crippen molar-refractivity contribution in [3.05, 3.63) is 119 Å². The van der Waals surface area contributed by atoms with E-state index in [-0.39, 0.29) is 18.0 Å². The summed E-state index contributed by atoms with van der Waals surface area (Å²) in [4.78, 5) is 6.21. The molecule has 4 atom stereocenters. The maximum Gasteiger partial charge on any atom is 0.294 e. The highest BCUT2D eigenvalue weighted by molar-refractivity contribution is 7.94. The largest absolute Gasteiger partial charge is 0.390 e. The van der Waals surface area contributed by atoms with E-state index in [9.17, 15) is 49.1 Å². The summed E-state index contributed by atoms with van der Waals surface area (Å²) in [7, 11) is -13.6. The van der Waals surface area contributed by atoms with Gasteiger partial charge < -0.3 is 15.1 Å². The molecule has 61 heavy (non-hydrogen) atoms. The smallest absolute Gasteiger partial charge is 0.294 e. The predicted molar refractivity (Wildman–Crippen MR) is 225 cm³/mol. The minimum atomic E-state index is -4.57. The van der Waals surface area contributed by atoms with Crippen LogP contribution >= 0.6 is 12.0 Å². The number of pyridine rings is 1. The maximum absolute atomic E-state index is 12.2. The number of aromatic nitrogens is 1. The SMILES string of the molecule is CC12CCC(C=CC(=CC=C3CCC4(C)C3=[N+](CC(O)CS(=O)(=O)O)c3ccc(SOOO)cc34)c3ccncc3)=C1N(CC(O)CS(=O)(=O)O)c1ccc(S(=O)(=O)O)cc12. The van der Waals surface area contributed by atoms with Crippen molar-refractivity contribution in [2.24, 2.45) is 0 Å². The van der Waals surface area contributed by atoms with E-state index >= 15 is 0 Å². The number of anilines is 1. The molecule has 3 heterocycles. The molecular formula is C40H44N3O14S4+. The van der Waals surface area contributed by atoms with Gasteiger partial charge in [0.1, 0.15) is 17.6 Å². The Labute approximate surface area is 357 Å². The van der Waals surface area contributed by atoms with Gasteiger partial charge in [0.25, 0.3) is 30.4 Å². The number of fused-ring (bicyclic) bond motifs is 6. The Morgan fingerprint density at radius 2 is 1.59 bits per heavy atom. The molecule has 1 saturated carbocycles. The van der Waals surface area contributed by atoms with Crippen molar-refractivity contribution >= 4 is 65.1 Å². The maximum atomic E-state index is 12.2. The molecular weight excluding hydrogens is 875 g/mol. The second kappa shape index (κ2) is 16.9. The molecule has 4 aliphatic rings. The molecule has 2 aliphatic carbocycles. The van der Waals surface area contributed by atoms with Gasteiger partial charge in [0.15, 0.2) is 12.3 Å². The predicted octanol–water partition coefficient (Wildman–Crippen LogP) is 4.80. The van der Waals surface area contributed by atoms with Crippen molar-refractivity contribution in [1.29, 1.82) is 0 Å². The monoisotopic (exact) mass is 918 g/mol. The molecule has 4 unspecified atom stereocenters. The van der Waals surface area contributed by atoms with Crippen LogP contribution in [0.15, 0.2) is 112 Å². The molecule has 0 radical (unpaired) electrons. The number of aliphatic hydroxyl groups is 2. The van der Waals surface area contributed by atoms with Crippen LogP contribution in [0.3, 0.4) is 0 Å². The molecule has 2 aliphatic heterocycles.